The molecule has 0 aliphatic rings. The van der Waals surface area contributed by atoms with Gasteiger partial charge in [-0.1, -0.05) is 6.07 Å². The van der Waals surface area contributed by atoms with Gasteiger partial charge >= 0.3 is 0 Å². The average Bonchev–Trinajstić information content (AvgIpc) is 3.19. The number of methoxy groups -OCH3 is 1. The molecule has 2 heterocycles. The van der Waals surface area contributed by atoms with Gasteiger partial charge in [-0.2, -0.15) is 16.4 Å². The van der Waals surface area contributed by atoms with Crippen LogP contribution in [0.2, 0.25) is 0 Å². The van der Waals surface area contributed by atoms with Gasteiger partial charge in [0.2, 0.25) is 0 Å². The molecule has 3 aromatic rings. The maximum atomic E-state index is 5.26. The van der Waals surface area contributed by atoms with E-state index in [9.17, 15) is 0 Å². The third-order valence-electron chi connectivity index (χ3n) is 3.44. The number of hydrogen-bond acceptors (Lipinski definition) is 4. The lowest BCUT2D eigenvalue weighted by molar-refractivity contribution is 0.319. The Kier molecular flexibility index (Phi) is 4.56. The predicted octanol–water partition coefficient (Wildman–Crippen LogP) is 3.57. The number of rotatable bonds is 6. The van der Waals surface area contributed by atoms with Crippen LogP contribution in [-0.4, -0.2) is 28.8 Å². The van der Waals surface area contributed by atoms with E-state index in [1.807, 2.05) is 35.1 Å². The minimum absolute atomic E-state index is 0.837. The van der Waals surface area contributed by atoms with E-state index in [0.717, 1.165) is 24.5 Å². The first kappa shape index (κ1) is 14.8. The monoisotopic (exact) mass is 313 g/mol. The first-order chi connectivity index (χ1) is 10.7. The zero-order valence-electron chi connectivity index (χ0n) is 12.8. The highest BCUT2D eigenvalue weighted by atomic mass is 32.1. The van der Waals surface area contributed by atoms with Gasteiger partial charge in [-0.25, -0.2) is 4.68 Å². The fraction of sp³-hybridized carbons (Fsp3) is 0.235. The lowest BCUT2D eigenvalue weighted by Gasteiger charge is -2.14. The predicted molar refractivity (Wildman–Crippen MR) is 89.6 cm³/mol. The Labute approximate surface area is 134 Å². The molecule has 2 aromatic heterocycles. The van der Waals surface area contributed by atoms with Crippen molar-refractivity contribution >= 4 is 11.3 Å². The van der Waals surface area contributed by atoms with Crippen LogP contribution in [0.4, 0.5) is 0 Å². The largest absolute Gasteiger partial charge is 0.497 e. The van der Waals surface area contributed by atoms with Crippen molar-refractivity contribution in [2.75, 3.05) is 14.2 Å². The summed E-state index contributed by atoms with van der Waals surface area (Å²) in [6.07, 6.45) is 3.99. The Bertz CT molecular complexity index is 721. The number of benzene rings is 1. The molecule has 4 nitrogen and oxygen atoms in total. The quantitative estimate of drug-likeness (QED) is 0.697. The van der Waals surface area contributed by atoms with E-state index in [1.165, 1.54) is 11.1 Å². The van der Waals surface area contributed by atoms with E-state index in [-0.39, 0.29) is 0 Å². The second-order valence-electron chi connectivity index (χ2n) is 5.30. The molecular weight excluding hydrogens is 294 g/mol. The van der Waals surface area contributed by atoms with E-state index in [4.69, 9.17) is 4.74 Å². The van der Waals surface area contributed by atoms with Crippen molar-refractivity contribution in [2.24, 2.45) is 0 Å². The summed E-state index contributed by atoms with van der Waals surface area (Å²) in [5, 5.41) is 8.75. The molecule has 114 valence electrons. The minimum Gasteiger partial charge on any atom is -0.497 e. The summed E-state index contributed by atoms with van der Waals surface area (Å²) < 4.78 is 7.14. The first-order valence-electron chi connectivity index (χ1n) is 7.12. The van der Waals surface area contributed by atoms with Crippen molar-refractivity contribution in [1.82, 2.24) is 14.7 Å². The van der Waals surface area contributed by atoms with Crippen LogP contribution in [0.15, 0.2) is 53.5 Å². The minimum atomic E-state index is 0.837. The van der Waals surface area contributed by atoms with E-state index < -0.39 is 0 Å². The van der Waals surface area contributed by atoms with Gasteiger partial charge in [0, 0.05) is 30.9 Å². The molecule has 22 heavy (non-hydrogen) atoms. The standard InChI is InChI=1S/C17H19N3OS/c1-19(10-14-6-7-22-13-14)11-15-9-18-20(12-15)16-4-3-5-17(8-16)21-2/h3-9,12-13H,10-11H2,1-2H3. The highest BCUT2D eigenvalue weighted by Gasteiger charge is 2.06. The fourth-order valence-electron chi connectivity index (χ4n) is 2.40. The maximum absolute atomic E-state index is 5.26. The number of hydrogen-bond donors (Lipinski definition) is 0. The normalized spacial score (nSPS) is 11.0. The van der Waals surface area contributed by atoms with Crippen molar-refractivity contribution in [1.29, 1.82) is 0 Å². The molecule has 0 aliphatic heterocycles. The summed E-state index contributed by atoms with van der Waals surface area (Å²) in [6.45, 7) is 1.83. The summed E-state index contributed by atoms with van der Waals surface area (Å²) in [6, 6.07) is 10.1. The van der Waals surface area contributed by atoms with Crippen LogP contribution in [0.25, 0.3) is 5.69 Å². The zero-order valence-corrected chi connectivity index (χ0v) is 13.6. The average molecular weight is 313 g/mol. The topological polar surface area (TPSA) is 30.3 Å². The summed E-state index contributed by atoms with van der Waals surface area (Å²) in [4.78, 5) is 2.29. The van der Waals surface area contributed by atoms with Crippen LogP contribution in [0, 0.1) is 0 Å². The Morgan fingerprint density at radius 1 is 1.23 bits per heavy atom. The molecule has 0 spiro atoms. The van der Waals surface area contributed by atoms with Crippen LogP contribution in [0.1, 0.15) is 11.1 Å². The van der Waals surface area contributed by atoms with Gasteiger partial charge in [0.1, 0.15) is 5.75 Å². The highest BCUT2D eigenvalue weighted by Crippen LogP contribution is 2.17. The lowest BCUT2D eigenvalue weighted by atomic mass is 10.3. The second kappa shape index (κ2) is 6.77. The van der Waals surface area contributed by atoms with E-state index in [1.54, 1.807) is 18.4 Å². The molecule has 0 atom stereocenters. The lowest BCUT2D eigenvalue weighted by Crippen LogP contribution is -2.16. The molecule has 5 heteroatoms. The van der Waals surface area contributed by atoms with E-state index in [2.05, 4.69) is 40.1 Å². The molecule has 0 aliphatic carbocycles. The summed E-state index contributed by atoms with van der Waals surface area (Å²) in [5.41, 5.74) is 3.55. The zero-order chi connectivity index (χ0) is 15.4. The van der Waals surface area contributed by atoms with Crippen molar-refractivity contribution in [3.63, 3.8) is 0 Å². The molecule has 3 rings (SSSR count). The Morgan fingerprint density at radius 2 is 2.09 bits per heavy atom. The Morgan fingerprint density at radius 3 is 2.86 bits per heavy atom. The molecule has 0 saturated carbocycles. The van der Waals surface area contributed by atoms with Crippen molar-refractivity contribution in [2.45, 2.75) is 13.1 Å². The molecule has 0 fully saturated rings. The Balaban J connectivity index is 1.68. The molecule has 0 N–H and O–H groups in total. The van der Waals surface area contributed by atoms with Crippen LogP contribution in [0.5, 0.6) is 5.75 Å². The van der Waals surface area contributed by atoms with E-state index in [0.29, 0.717) is 0 Å². The highest BCUT2D eigenvalue weighted by molar-refractivity contribution is 7.07. The van der Waals surface area contributed by atoms with Gasteiger partial charge in [0.05, 0.1) is 19.0 Å². The number of nitrogens with zero attached hydrogens (tertiary/aromatic N) is 3. The number of aromatic nitrogens is 2. The molecule has 0 bridgehead atoms. The van der Waals surface area contributed by atoms with Crippen molar-refractivity contribution in [3.05, 3.63) is 64.6 Å². The van der Waals surface area contributed by atoms with Crippen LogP contribution in [-0.2, 0) is 13.1 Å². The molecule has 0 amide bonds. The van der Waals surface area contributed by atoms with Crippen molar-refractivity contribution in [3.8, 4) is 11.4 Å². The van der Waals surface area contributed by atoms with Gasteiger partial charge in [0.25, 0.3) is 0 Å². The SMILES string of the molecule is COc1cccc(-n2cc(CN(C)Cc3ccsc3)cn2)c1. The van der Waals surface area contributed by atoms with Gasteiger partial charge in [-0.15, -0.1) is 0 Å². The number of ether oxygens (including phenoxy) is 1. The van der Waals surface area contributed by atoms with Gasteiger partial charge in [-0.05, 0) is 41.6 Å². The van der Waals surface area contributed by atoms with Crippen LogP contribution < -0.4 is 4.74 Å². The van der Waals surface area contributed by atoms with Gasteiger partial charge < -0.3 is 4.74 Å². The molecule has 0 radical (unpaired) electrons. The maximum Gasteiger partial charge on any atom is 0.121 e. The second-order valence-corrected chi connectivity index (χ2v) is 6.08. The summed E-state index contributed by atoms with van der Waals surface area (Å²) in [7, 11) is 3.80. The summed E-state index contributed by atoms with van der Waals surface area (Å²) >= 11 is 1.74. The van der Waals surface area contributed by atoms with Gasteiger partial charge in [0.15, 0.2) is 0 Å². The molecule has 0 saturated heterocycles. The Hall–Kier alpha value is -2.11. The van der Waals surface area contributed by atoms with Crippen LogP contribution in [0.3, 0.4) is 0 Å². The van der Waals surface area contributed by atoms with Crippen LogP contribution >= 0.6 is 11.3 Å². The molecule has 0 unspecified atom stereocenters. The third kappa shape index (κ3) is 3.55. The first-order valence-corrected chi connectivity index (χ1v) is 8.06. The number of thiophene rings is 1. The fourth-order valence-corrected chi connectivity index (χ4v) is 3.06. The smallest absolute Gasteiger partial charge is 0.121 e. The van der Waals surface area contributed by atoms with Gasteiger partial charge in [-0.3, -0.25) is 4.90 Å². The molecule has 1 aromatic carbocycles. The third-order valence-corrected chi connectivity index (χ3v) is 4.17. The van der Waals surface area contributed by atoms with Crippen molar-refractivity contribution < 1.29 is 4.74 Å². The summed E-state index contributed by atoms with van der Waals surface area (Å²) in [5.74, 6) is 0.837. The molecular formula is C17H19N3OS. The van der Waals surface area contributed by atoms with E-state index >= 15 is 0 Å².